The van der Waals surface area contributed by atoms with Gasteiger partial charge in [-0.2, -0.15) is 0 Å². The van der Waals surface area contributed by atoms with Crippen LogP contribution < -0.4 is 5.32 Å². The van der Waals surface area contributed by atoms with Crippen molar-refractivity contribution in [1.29, 1.82) is 0 Å². The summed E-state index contributed by atoms with van der Waals surface area (Å²) in [6.07, 6.45) is 4.11. The van der Waals surface area contributed by atoms with Gasteiger partial charge in [-0.3, -0.25) is 4.79 Å². The lowest BCUT2D eigenvalue weighted by Gasteiger charge is -2.40. The van der Waals surface area contributed by atoms with E-state index >= 15 is 0 Å². The van der Waals surface area contributed by atoms with Crippen molar-refractivity contribution in [1.82, 2.24) is 19.8 Å². The highest BCUT2D eigenvalue weighted by molar-refractivity contribution is 5.80. The number of ether oxygens (including phenoxy) is 1. The van der Waals surface area contributed by atoms with E-state index in [0.29, 0.717) is 50.7 Å². The zero-order chi connectivity index (χ0) is 27.4. The van der Waals surface area contributed by atoms with E-state index < -0.39 is 23.8 Å². The number of nitrogens with zero attached hydrogens (tertiary/aromatic N) is 3. The van der Waals surface area contributed by atoms with Crippen molar-refractivity contribution in [3.05, 3.63) is 84.2 Å². The summed E-state index contributed by atoms with van der Waals surface area (Å²) in [4.78, 5) is 20.3. The van der Waals surface area contributed by atoms with Gasteiger partial charge in [-0.15, -0.1) is 0 Å². The molecule has 3 aromatic rings. The monoisotopic (exact) mass is 537 g/mol. The third-order valence-corrected chi connectivity index (χ3v) is 7.59. The smallest absolute Gasteiger partial charge is 0.251 e. The molecule has 9 heteroatoms. The highest BCUT2D eigenvalue weighted by Crippen LogP contribution is 2.38. The van der Waals surface area contributed by atoms with Crippen LogP contribution in [0.5, 0.6) is 0 Å². The van der Waals surface area contributed by atoms with E-state index in [1.165, 1.54) is 6.92 Å². The predicted molar refractivity (Wildman–Crippen MR) is 143 cm³/mol. The van der Waals surface area contributed by atoms with Gasteiger partial charge in [0.1, 0.15) is 23.6 Å². The SMILES string of the molecule is C[C@H](O)C(=O)N(C[C@@H]1[CH]CNC1)C(c1nc(-c2cc(F)ccc2F)cn1Cc1ccccc1)C1CCOCC1. The van der Waals surface area contributed by atoms with Crippen LogP contribution in [0.15, 0.2) is 54.7 Å². The molecular weight excluding hydrogens is 502 g/mol. The Hall–Kier alpha value is -3.14. The molecule has 2 N–H and O–H groups in total. The number of carbonyl (C=O) groups excluding carboxylic acids is 1. The molecule has 0 bridgehead atoms. The van der Waals surface area contributed by atoms with Crippen LogP contribution in [0.4, 0.5) is 8.78 Å². The summed E-state index contributed by atoms with van der Waals surface area (Å²) in [6.45, 7) is 4.95. The summed E-state index contributed by atoms with van der Waals surface area (Å²) >= 11 is 0. The Balaban J connectivity index is 1.65. The first kappa shape index (κ1) is 27.4. The number of hydrogen-bond donors (Lipinski definition) is 2. The zero-order valence-electron chi connectivity index (χ0n) is 22.1. The zero-order valence-corrected chi connectivity index (χ0v) is 22.1. The van der Waals surface area contributed by atoms with Gasteiger partial charge in [0.05, 0.1) is 11.7 Å². The fourth-order valence-electron chi connectivity index (χ4n) is 5.61. The Morgan fingerprint density at radius 3 is 2.67 bits per heavy atom. The number of rotatable bonds is 9. The third-order valence-electron chi connectivity index (χ3n) is 7.59. The van der Waals surface area contributed by atoms with Crippen LogP contribution in [0.2, 0.25) is 0 Å². The fourth-order valence-corrected chi connectivity index (χ4v) is 5.61. The van der Waals surface area contributed by atoms with Crippen LogP contribution in [0, 0.1) is 29.9 Å². The molecule has 39 heavy (non-hydrogen) atoms. The molecular formula is C30H35F2N4O3. The van der Waals surface area contributed by atoms with E-state index in [1.807, 2.05) is 34.9 Å². The summed E-state index contributed by atoms with van der Waals surface area (Å²) in [6, 6.07) is 12.7. The topological polar surface area (TPSA) is 79.6 Å². The van der Waals surface area contributed by atoms with Crippen molar-refractivity contribution in [2.45, 2.75) is 38.5 Å². The van der Waals surface area contributed by atoms with Crippen LogP contribution in [-0.2, 0) is 16.1 Å². The van der Waals surface area contributed by atoms with Crippen LogP contribution in [0.3, 0.4) is 0 Å². The normalized spacial score (nSPS) is 19.6. The molecule has 0 saturated carbocycles. The van der Waals surface area contributed by atoms with Gasteiger partial charge in [-0.05, 0) is 74.9 Å². The molecule has 3 heterocycles. The lowest BCUT2D eigenvalue weighted by Crippen LogP contribution is -2.47. The molecule has 2 aliphatic heterocycles. The van der Waals surface area contributed by atoms with Gasteiger partial charge >= 0.3 is 0 Å². The molecule has 2 aromatic carbocycles. The van der Waals surface area contributed by atoms with Crippen molar-refractivity contribution in [2.75, 3.05) is 32.8 Å². The Labute approximate surface area is 227 Å². The average Bonchev–Trinajstić information content (AvgIpc) is 3.61. The van der Waals surface area contributed by atoms with Crippen LogP contribution in [0.1, 0.15) is 37.2 Å². The number of aromatic nitrogens is 2. The number of imidazole rings is 1. The van der Waals surface area contributed by atoms with Crippen LogP contribution in [-0.4, -0.2) is 64.4 Å². The van der Waals surface area contributed by atoms with E-state index in [4.69, 9.17) is 9.72 Å². The first-order valence-electron chi connectivity index (χ1n) is 13.6. The number of amides is 1. The van der Waals surface area contributed by atoms with Gasteiger partial charge in [-0.25, -0.2) is 13.8 Å². The van der Waals surface area contributed by atoms with Crippen molar-refractivity contribution >= 4 is 5.91 Å². The molecule has 1 radical (unpaired) electrons. The van der Waals surface area contributed by atoms with Crippen molar-refractivity contribution in [2.24, 2.45) is 11.8 Å². The standard InChI is InChI=1S/C30H35F2N4O3/c1-20(37)30(38)36(18-22-9-12-33-16-22)28(23-10-13-39-14-11-23)29-34-27(25-15-24(31)7-8-26(25)32)19-35(29)17-21-5-3-2-4-6-21/h2-9,15,19-20,22-23,28,33,37H,10-14,16-18H2,1H3/t20-,22+,28?/m0/s1. The minimum atomic E-state index is -1.20. The second-order valence-electron chi connectivity index (χ2n) is 10.4. The number of carbonyl (C=O) groups is 1. The van der Waals surface area contributed by atoms with Gasteiger partial charge in [-0.1, -0.05) is 30.3 Å². The van der Waals surface area contributed by atoms with Crippen molar-refractivity contribution < 1.29 is 23.4 Å². The van der Waals surface area contributed by atoms with E-state index in [9.17, 15) is 18.7 Å². The minimum absolute atomic E-state index is 0.0120. The highest BCUT2D eigenvalue weighted by Gasteiger charge is 2.39. The Morgan fingerprint density at radius 2 is 1.97 bits per heavy atom. The minimum Gasteiger partial charge on any atom is -0.384 e. The molecule has 7 nitrogen and oxygen atoms in total. The number of benzene rings is 2. The molecule has 1 unspecified atom stereocenters. The quantitative estimate of drug-likeness (QED) is 0.432. The summed E-state index contributed by atoms with van der Waals surface area (Å²) in [5.74, 6) is -0.783. The molecule has 5 rings (SSSR count). The van der Waals surface area contributed by atoms with Crippen LogP contribution in [0.25, 0.3) is 11.3 Å². The Morgan fingerprint density at radius 1 is 1.21 bits per heavy atom. The maximum Gasteiger partial charge on any atom is 0.251 e. The second-order valence-corrected chi connectivity index (χ2v) is 10.4. The summed E-state index contributed by atoms with van der Waals surface area (Å²) in [5.41, 5.74) is 1.37. The number of aliphatic hydroxyl groups is 1. The lowest BCUT2D eigenvalue weighted by molar-refractivity contribution is -0.145. The Kier molecular flexibility index (Phi) is 8.69. The van der Waals surface area contributed by atoms with E-state index in [0.717, 1.165) is 36.9 Å². The fraction of sp³-hybridized carbons (Fsp3) is 0.433. The van der Waals surface area contributed by atoms with Gasteiger partial charge < -0.3 is 24.6 Å². The predicted octanol–water partition coefficient (Wildman–Crippen LogP) is 3.98. The lowest BCUT2D eigenvalue weighted by atomic mass is 9.88. The first-order valence-corrected chi connectivity index (χ1v) is 13.6. The molecule has 1 amide bonds. The van der Waals surface area contributed by atoms with Crippen LogP contribution >= 0.6 is 0 Å². The second kappa shape index (κ2) is 12.4. The highest BCUT2D eigenvalue weighted by atomic mass is 19.1. The van der Waals surface area contributed by atoms with Gasteiger partial charge in [0.2, 0.25) is 0 Å². The number of hydrogen-bond acceptors (Lipinski definition) is 5. The molecule has 0 aliphatic carbocycles. The molecule has 0 spiro atoms. The molecule has 2 fully saturated rings. The number of nitrogens with one attached hydrogen (secondary N) is 1. The van der Waals surface area contributed by atoms with Gasteiger partial charge in [0.15, 0.2) is 0 Å². The van der Waals surface area contributed by atoms with E-state index in [1.54, 1.807) is 11.1 Å². The van der Waals surface area contributed by atoms with Crippen molar-refractivity contribution in [3.63, 3.8) is 0 Å². The summed E-state index contributed by atoms with van der Waals surface area (Å²) < 4.78 is 36.7. The average molecular weight is 538 g/mol. The molecule has 207 valence electrons. The number of aliphatic hydroxyl groups excluding tert-OH is 1. The summed E-state index contributed by atoms with van der Waals surface area (Å²) in [7, 11) is 0. The maximum absolute atomic E-state index is 14.9. The first-order chi connectivity index (χ1) is 18.9. The molecule has 2 saturated heterocycles. The Bertz CT molecular complexity index is 1250. The van der Waals surface area contributed by atoms with Gasteiger partial charge in [0, 0.05) is 38.1 Å². The number of halogens is 2. The summed E-state index contributed by atoms with van der Waals surface area (Å²) in [5, 5.41) is 13.8. The van der Waals surface area contributed by atoms with Crippen molar-refractivity contribution in [3.8, 4) is 11.3 Å². The molecule has 3 atom stereocenters. The maximum atomic E-state index is 14.9. The van der Waals surface area contributed by atoms with Gasteiger partial charge in [0.25, 0.3) is 5.91 Å². The molecule has 2 aliphatic rings. The third kappa shape index (κ3) is 6.37. The van der Waals surface area contributed by atoms with E-state index in [2.05, 4.69) is 11.7 Å². The van der Waals surface area contributed by atoms with E-state index in [-0.39, 0.29) is 23.3 Å². The largest absolute Gasteiger partial charge is 0.384 e. The molecule has 1 aromatic heterocycles.